The largest absolute Gasteiger partial charge is 0.407 e. The zero-order valence-electron chi connectivity index (χ0n) is 14.5. The lowest BCUT2D eigenvalue weighted by Gasteiger charge is -2.40. The lowest BCUT2D eigenvalue weighted by atomic mass is 10.0. The molecule has 0 aliphatic heterocycles. The van der Waals surface area contributed by atoms with Gasteiger partial charge in [-0.1, -0.05) is 70.9 Å². The summed E-state index contributed by atoms with van der Waals surface area (Å²) in [5.41, 5.74) is 1.09. The number of unbranched alkanes of at least 4 members (excludes halogenated alkanes) is 1. The second-order valence-electron chi connectivity index (χ2n) is 7.42. The Morgan fingerprint density at radius 1 is 1.14 bits per heavy atom. The summed E-state index contributed by atoms with van der Waals surface area (Å²) in [7, 11) is -1.91. The maximum atomic E-state index is 10.6. The highest BCUT2D eigenvalue weighted by Gasteiger charge is 2.40. The molecule has 0 heterocycles. The number of rotatable bonds is 7. The molecule has 2 nitrogen and oxygen atoms in total. The van der Waals surface area contributed by atoms with Crippen LogP contribution in [-0.2, 0) is 4.43 Å². The normalized spacial score (nSPS) is 15.8. The minimum atomic E-state index is -1.91. The molecule has 0 amide bonds. The van der Waals surface area contributed by atoms with E-state index in [-0.39, 0.29) is 11.1 Å². The van der Waals surface area contributed by atoms with E-state index in [1.165, 1.54) is 0 Å². The summed E-state index contributed by atoms with van der Waals surface area (Å²) in [6.07, 6.45) is 2.29. The van der Waals surface area contributed by atoms with E-state index in [2.05, 4.69) is 52.9 Å². The Bertz CT molecular complexity index is 409. The molecule has 0 saturated heterocycles. The van der Waals surface area contributed by atoms with Crippen LogP contribution in [0.5, 0.6) is 0 Å². The molecular formula is C18H32O2Si. The molecule has 21 heavy (non-hydrogen) atoms. The number of aliphatic hydroxyl groups excluding tert-OH is 1. The fraction of sp³-hybridized carbons (Fsp3) is 0.667. The molecule has 1 aromatic carbocycles. The van der Waals surface area contributed by atoms with Crippen molar-refractivity contribution >= 4 is 8.32 Å². The number of hydrogen-bond acceptors (Lipinski definition) is 2. The molecule has 1 aromatic rings. The fourth-order valence-corrected chi connectivity index (χ4v) is 3.35. The third-order valence-electron chi connectivity index (χ3n) is 4.56. The summed E-state index contributed by atoms with van der Waals surface area (Å²) in [6, 6.07) is 10.2. The molecule has 0 aliphatic carbocycles. The number of benzene rings is 1. The number of aliphatic hydroxyl groups is 1. The average molecular weight is 309 g/mol. The topological polar surface area (TPSA) is 29.5 Å². The van der Waals surface area contributed by atoms with Crippen molar-refractivity contribution < 1.29 is 9.53 Å². The van der Waals surface area contributed by atoms with Crippen molar-refractivity contribution in [1.29, 1.82) is 0 Å². The molecule has 0 saturated carbocycles. The lowest BCUT2D eigenvalue weighted by Crippen LogP contribution is -2.44. The smallest absolute Gasteiger partial charge is 0.193 e. The van der Waals surface area contributed by atoms with E-state index in [9.17, 15) is 5.11 Å². The van der Waals surface area contributed by atoms with Gasteiger partial charge in [0, 0.05) is 0 Å². The summed E-state index contributed by atoms with van der Waals surface area (Å²) in [5.74, 6) is 0. The van der Waals surface area contributed by atoms with Gasteiger partial charge in [-0.25, -0.2) is 0 Å². The monoisotopic (exact) mass is 308 g/mol. The predicted octanol–water partition coefficient (Wildman–Crippen LogP) is 5.30. The van der Waals surface area contributed by atoms with Gasteiger partial charge in [-0.15, -0.1) is 0 Å². The standard InChI is InChI=1S/C18H32O2Si/c1-7-8-14-16(19)17(15-12-10-9-11-13-15)20-21(5,6)18(2,3)4/h9-13,16-17,19H,7-8,14H2,1-6H3/t16-,17+/m1/s1. The molecule has 0 radical (unpaired) electrons. The van der Waals surface area contributed by atoms with E-state index in [1.54, 1.807) is 0 Å². The van der Waals surface area contributed by atoms with Crippen LogP contribution in [0.25, 0.3) is 0 Å². The van der Waals surface area contributed by atoms with Crippen molar-refractivity contribution in [3.8, 4) is 0 Å². The summed E-state index contributed by atoms with van der Waals surface area (Å²) >= 11 is 0. The van der Waals surface area contributed by atoms with Crippen LogP contribution < -0.4 is 0 Å². The van der Waals surface area contributed by atoms with Gasteiger partial charge in [0.1, 0.15) is 0 Å². The van der Waals surface area contributed by atoms with Crippen molar-refractivity contribution in [1.82, 2.24) is 0 Å². The molecule has 0 aliphatic rings. The summed E-state index contributed by atoms with van der Waals surface area (Å²) in [4.78, 5) is 0. The van der Waals surface area contributed by atoms with Crippen molar-refractivity contribution in [3.63, 3.8) is 0 Å². The summed E-state index contributed by atoms with van der Waals surface area (Å²) in [5, 5.41) is 10.8. The van der Waals surface area contributed by atoms with E-state index in [0.29, 0.717) is 0 Å². The quantitative estimate of drug-likeness (QED) is 0.692. The maximum Gasteiger partial charge on any atom is 0.193 e. The molecule has 3 heteroatoms. The van der Waals surface area contributed by atoms with Crippen LogP contribution in [0.15, 0.2) is 30.3 Å². The minimum absolute atomic E-state index is 0.143. The van der Waals surface area contributed by atoms with Gasteiger partial charge in [0.2, 0.25) is 0 Å². The number of hydrogen-bond donors (Lipinski definition) is 1. The van der Waals surface area contributed by atoms with Crippen LogP contribution in [0.3, 0.4) is 0 Å². The summed E-state index contributed by atoms with van der Waals surface area (Å²) in [6.45, 7) is 13.4. The first-order valence-corrected chi connectivity index (χ1v) is 11.0. The molecule has 2 atom stereocenters. The Kier molecular flexibility index (Phi) is 6.63. The van der Waals surface area contributed by atoms with Crippen LogP contribution in [0.2, 0.25) is 18.1 Å². The Hall–Kier alpha value is -0.643. The van der Waals surface area contributed by atoms with Crippen molar-refractivity contribution in [3.05, 3.63) is 35.9 Å². The predicted molar refractivity (Wildman–Crippen MR) is 93.0 cm³/mol. The molecular weight excluding hydrogens is 276 g/mol. The van der Waals surface area contributed by atoms with Gasteiger partial charge in [-0.3, -0.25) is 0 Å². The van der Waals surface area contributed by atoms with Gasteiger partial charge in [0.15, 0.2) is 8.32 Å². The molecule has 1 N–H and O–H groups in total. The van der Waals surface area contributed by atoms with Gasteiger partial charge >= 0.3 is 0 Å². The van der Waals surface area contributed by atoms with Crippen LogP contribution in [0.1, 0.15) is 58.6 Å². The van der Waals surface area contributed by atoms with Crippen molar-refractivity contribution in [2.24, 2.45) is 0 Å². The van der Waals surface area contributed by atoms with Crippen molar-refractivity contribution in [2.45, 2.75) is 77.3 Å². The first-order valence-electron chi connectivity index (χ1n) is 8.10. The Labute approximate surface area is 131 Å². The van der Waals surface area contributed by atoms with Gasteiger partial charge in [-0.05, 0) is 30.1 Å². The first kappa shape index (κ1) is 18.4. The first-order chi connectivity index (χ1) is 9.69. The molecule has 1 rings (SSSR count). The van der Waals surface area contributed by atoms with Gasteiger partial charge in [0.05, 0.1) is 12.2 Å². The van der Waals surface area contributed by atoms with Gasteiger partial charge in [0.25, 0.3) is 0 Å². The third-order valence-corrected chi connectivity index (χ3v) is 9.01. The molecule has 0 aromatic heterocycles. The second kappa shape index (κ2) is 7.57. The molecule has 120 valence electrons. The third kappa shape index (κ3) is 5.24. The van der Waals surface area contributed by atoms with E-state index in [4.69, 9.17) is 4.43 Å². The van der Waals surface area contributed by atoms with Gasteiger partial charge < -0.3 is 9.53 Å². The Balaban J connectivity index is 2.98. The highest BCUT2D eigenvalue weighted by atomic mass is 28.4. The van der Waals surface area contributed by atoms with E-state index >= 15 is 0 Å². The molecule has 0 fully saturated rings. The van der Waals surface area contributed by atoms with Crippen LogP contribution in [0, 0.1) is 0 Å². The van der Waals surface area contributed by atoms with E-state index < -0.39 is 14.4 Å². The average Bonchev–Trinajstić information content (AvgIpc) is 2.42. The Morgan fingerprint density at radius 2 is 1.71 bits per heavy atom. The molecule has 0 spiro atoms. The van der Waals surface area contributed by atoms with E-state index in [1.807, 2.05) is 18.2 Å². The lowest BCUT2D eigenvalue weighted by molar-refractivity contribution is 0.0200. The molecule has 0 unspecified atom stereocenters. The SMILES string of the molecule is CCCC[C@@H](O)[C@@H](O[Si](C)(C)C(C)(C)C)c1ccccc1. The van der Waals surface area contributed by atoms with E-state index in [0.717, 1.165) is 24.8 Å². The van der Waals surface area contributed by atoms with Crippen LogP contribution in [-0.4, -0.2) is 19.5 Å². The fourth-order valence-electron chi connectivity index (χ4n) is 2.07. The van der Waals surface area contributed by atoms with Gasteiger partial charge in [-0.2, -0.15) is 0 Å². The van der Waals surface area contributed by atoms with Crippen LogP contribution in [0.4, 0.5) is 0 Å². The zero-order valence-corrected chi connectivity index (χ0v) is 15.5. The van der Waals surface area contributed by atoms with Crippen molar-refractivity contribution in [2.75, 3.05) is 0 Å². The Morgan fingerprint density at radius 3 is 2.19 bits per heavy atom. The zero-order chi connectivity index (χ0) is 16.1. The summed E-state index contributed by atoms with van der Waals surface area (Å²) < 4.78 is 6.54. The second-order valence-corrected chi connectivity index (χ2v) is 12.2. The van der Waals surface area contributed by atoms with Crippen LogP contribution >= 0.6 is 0 Å². The molecule has 0 bridgehead atoms. The minimum Gasteiger partial charge on any atom is -0.407 e. The maximum absolute atomic E-state index is 10.6. The highest BCUT2D eigenvalue weighted by molar-refractivity contribution is 6.74. The highest BCUT2D eigenvalue weighted by Crippen LogP contribution is 2.41.